The maximum Gasteiger partial charge on any atom is 0.148 e. The van der Waals surface area contributed by atoms with Gasteiger partial charge in [0.1, 0.15) is 22.6 Å². The van der Waals surface area contributed by atoms with Crippen LogP contribution in [0.5, 0.6) is 5.75 Å². The zero-order valence-corrected chi connectivity index (χ0v) is 24.9. The summed E-state index contributed by atoms with van der Waals surface area (Å²) in [4.78, 5) is 20.4. The van der Waals surface area contributed by atoms with Crippen LogP contribution in [-0.4, -0.2) is 91.5 Å². The van der Waals surface area contributed by atoms with Crippen LogP contribution in [0.1, 0.15) is 50.9 Å². The second-order valence-corrected chi connectivity index (χ2v) is 11.5. The Hall–Kier alpha value is -3.01. The van der Waals surface area contributed by atoms with Crippen LogP contribution in [0.15, 0.2) is 24.4 Å². The number of aromatic nitrogens is 3. The van der Waals surface area contributed by atoms with Gasteiger partial charge in [-0.2, -0.15) is 0 Å². The van der Waals surface area contributed by atoms with Crippen LogP contribution >= 0.6 is 0 Å². The van der Waals surface area contributed by atoms with Gasteiger partial charge in [0.2, 0.25) is 0 Å². The van der Waals surface area contributed by atoms with Crippen molar-refractivity contribution in [2.75, 3.05) is 69.8 Å². The van der Waals surface area contributed by atoms with E-state index in [0.717, 1.165) is 123 Å². The number of piperidine rings is 1. The Bertz CT molecular complexity index is 1330. The Labute approximate surface area is 244 Å². The van der Waals surface area contributed by atoms with E-state index in [1.54, 1.807) is 7.11 Å². The summed E-state index contributed by atoms with van der Waals surface area (Å²) >= 11 is 0. The predicted octanol–water partition coefficient (Wildman–Crippen LogP) is 4.29. The molecule has 5 heterocycles. The van der Waals surface area contributed by atoms with E-state index in [1.165, 1.54) is 18.5 Å². The number of anilines is 2. The fraction of sp³-hybridized carbons (Fsp3) is 0.594. The van der Waals surface area contributed by atoms with Crippen molar-refractivity contribution < 1.29 is 9.47 Å². The van der Waals surface area contributed by atoms with Gasteiger partial charge in [-0.05, 0) is 56.2 Å². The number of hydrogen-bond acceptors (Lipinski definition) is 9. The lowest BCUT2D eigenvalue weighted by Gasteiger charge is -2.41. The Kier molecular flexibility index (Phi) is 8.84. The molecule has 2 aromatic heterocycles. The second-order valence-electron chi connectivity index (χ2n) is 11.5. The third-order valence-corrected chi connectivity index (χ3v) is 9.04. The fourth-order valence-electron chi connectivity index (χ4n) is 6.62. The number of aryl methyl sites for hydroxylation is 2. The minimum Gasteiger partial charge on any atom is -0.495 e. The van der Waals surface area contributed by atoms with Crippen molar-refractivity contribution >= 4 is 22.5 Å². The molecule has 41 heavy (non-hydrogen) atoms. The average Bonchev–Trinajstić information content (AvgIpc) is 3.04. The first-order valence-corrected chi connectivity index (χ1v) is 15.6. The van der Waals surface area contributed by atoms with Gasteiger partial charge < -0.3 is 25.0 Å². The summed E-state index contributed by atoms with van der Waals surface area (Å²) in [5.41, 5.74) is 6.99. The first-order chi connectivity index (χ1) is 20.2. The maximum atomic E-state index is 5.98. The van der Waals surface area contributed by atoms with Crippen LogP contribution in [0.3, 0.4) is 0 Å². The molecular formula is C32H45N7O2. The van der Waals surface area contributed by atoms with E-state index in [-0.39, 0.29) is 0 Å². The standard InChI is InChI=1S/C32H45N7O2/c1-4-26-31-30(37-32(27(5-2)36-31)35-23-10-18-41-19-11-23)25(21-34-26)22-6-7-28(29(20-22)40-3)39-14-8-24(9-15-39)38-16-12-33-13-17-38/h6-7,20-21,23-24,33H,4-5,8-19H2,1-3H3,(H,35,37). The summed E-state index contributed by atoms with van der Waals surface area (Å²) in [5.74, 6) is 1.78. The van der Waals surface area contributed by atoms with Gasteiger partial charge in [-0.25, -0.2) is 9.97 Å². The van der Waals surface area contributed by atoms with Crippen molar-refractivity contribution in [1.82, 2.24) is 25.2 Å². The van der Waals surface area contributed by atoms with Crippen molar-refractivity contribution in [2.24, 2.45) is 0 Å². The highest BCUT2D eigenvalue weighted by atomic mass is 16.5. The molecule has 2 N–H and O–H groups in total. The van der Waals surface area contributed by atoms with E-state index in [4.69, 9.17) is 24.4 Å². The molecule has 0 atom stereocenters. The Morgan fingerprint density at radius 3 is 2.41 bits per heavy atom. The summed E-state index contributed by atoms with van der Waals surface area (Å²) in [6, 6.07) is 7.60. The van der Waals surface area contributed by atoms with Crippen molar-refractivity contribution in [1.29, 1.82) is 0 Å². The van der Waals surface area contributed by atoms with Gasteiger partial charge in [0.15, 0.2) is 0 Å². The van der Waals surface area contributed by atoms with Crippen molar-refractivity contribution in [3.63, 3.8) is 0 Å². The molecule has 3 saturated heterocycles. The van der Waals surface area contributed by atoms with E-state index in [9.17, 15) is 0 Å². The number of nitrogens with zero attached hydrogens (tertiary/aromatic N) is 5. The molecule has 0 amide bonds. The summed E-state index contributed by atoms with van der Waals surface area (Å²) in [6.45, 7) is 12.5. The van der Waals surface area contributed by atoms with Gasteiger partial charge in [0, 0.05) is 76.3 Å². The summed E-state index contributed by atoms with van der Waals surface area (Å²) in [6.07, 6.45) is 7.94. The van der Waals surface area contributed by atoms with Gasteiger partial charge in [-0.15, -0.1) is 0 Å². The smallest absolute Gasteiger partial charge is 0.148 e. The van der Waals surface area contributed by atoms with Crippen LogP contribution < -0.4 is 20.3 Å². The molecule has 1 aromatic carbocycles. The van der Waals surface area contributed by atoms with Gasteiger partial charge >= 0.3 is 0 Å². The summed E-state index contributed by atoms with van der Waals surface area (Å²) in [5, 5.41) is 7.18. The average molecular weight is 560 g/mol. The number of benzene rings is 1. The second kappa shape index (κ2) is 12.9. The molecule has 0 aliphatic carbocycles. The first-order valence-electron chi connectivity index (χ1n) is 15.6. The van der Waals surface area contributed by atoms with E-state index < -0.39 is 0 Å². The number of fused-ring (bicyclic) bond motifs is 1. The molecule has 0 unspecified atom stereocenters. The van der Waals surface area contributed by atoms with E-state index in [0.29, 0.717) is 12.1 Å². The number of piperazine rings is 1. The topological polar surface area (TPSA) is 87.7 Å². The monoisotopic (exact) mass is 559 g/mol. The van der Waals surface area contributed by atoms with E-state index in [1.807, 2.05) is 6.20 Å². The van der Waals surface area contributed by atoms with Crippen LogP contribution in [0.4, 0.5) is 11.5 Å². The molecule has 6 rings (SSSR count). The Balaban J connectivity index is 1.30. The van der Waals surface area contributed by atoms with Gasteiger partial charge in [0.25, 0.3) is 0 Å². The van der Waals surface area contributed by atoms with Crippen LogP contribution in [-0.2, 0) is 17.6 Å². The SMILES string of the molecule is CCc1nc2c(CC)ncc(-c3ccc(N4CCC(N5CCNCC5)CC4)c(OC)c3)c2nc1NC1CCOCC1. The zero-order valence-electron chi connectivity index (χ0n) is 24.9. The molecule has 0 radical (unpaired) electrons. The molecule has 0 bridgehead atoms. The lowest BCUT2D eigenvalue weighted by molar-refractivity contribution is 0.0903. The lowest BCUT2D eigenvalue weighted by Crippen LogP contribution is -2.52. The molecule has 9 heteroatoms. The highest BCUT2D eigenvalue weighted by Crippen LogP contribution is 2.37. The maximum absolute atomic E-state index is 5.98. The minimum absolute atomic E-state index is 0.354. The summed E-state index contributed by atoms with van der Waals surface area (Å²) < 4.78 is 11.6. The third-order valence-electron chi connectivity index (χ3n) is 9.04. The van der Waals surface area contributed by atoms with E-state index >= 15 is 0 Å². The number of rotatable bonds is 8. The Morgan fingerprint density at radius 2 is 1.71 bits per heavy atom. The molecule has 3 fully saturated rings. The Morgan fingerprint density at radius 1 is 0.951 bits per heavy atom. The normalized spacial score (nSPS) is 19.5. The van der Waals surface area contributed by atoms with Gasteiger partial charge in [0.05, 0.1) is 24.2 Å². The van der Waals surface area contributed by atoms with E-state index in [2.05, 4.69) is 52.5 Å². The highest BCUT2D eigenvalue weighted by molar-refractivity contribution is 5.94. The van der Waals surface area contributed by atoms with Crippen LogP contribution in [0.2, 0.25) is 0 Å². The van der Waals surface area contributed by atoms with Gasteiger partial charge in [-0.1, -0.05) is 19.9 Å². The zero-order chi connectivity index (χ0) is 28.2. The third kappa shape index (κ3) is 5.98. The fourth-order valence-corrected chi connectivity index (χ4v) is 6.62. The van der Waals surface area contributed by atoms with Crippen LogP contribution in [0, 0.1) is 0 Å². The molecule has 9 nitrogen and oxygen atoms in total. The van der Waals surface area contributed by atoms with Gasteiger partial charge in [-0.3, -0.25) is 9.88 Å². The molecule has 3 aliphatic heterocycles. The predicted molar refractivity (Wildman–Crippen MR) is 165 cm³/mol. The lowest BCUT2D eigenvalue weighted by atomic mass is 10.00. The molecule has 0 saturated carbocycles. The van der Waals surface area contributed by atoms with Crippen molar-refractivity contribution in [3.8, 4) is 16.9 Å². The highest BCUT2D eigenvalue weighted by Gasteiger charge is 2.27. The van der Waals surface area contributed by atoms with Crippen molar-refractivity contribution in [3.05, 3.63) is 35.8 Å². The molecule has 220 valence electrons. The van der Waals surface area contributed by atoms with Crippen molar-refractivity contribution in [2.45, 2.75) is 64.5 Å². The number of methoxy groups -OCH3 is 1. The molecule has 3 aromatic rings. The molecular weight excluding hydrogens is 514 g/mol. The number of ether oxygens (including phenoxy) is 2. The minimum atomic E-state index is 0.354. The molecule has 3 aliphatic rings. The van der Waals surface area contributed by atoms with Crippen LogP contribution in [0.25, 0.3) is 22.2 Å². The first kappa shape index (κ1) is 28.1. The largest absolute Gasteiger partial charge is 0.495 e. The number of pyridine rings is 1. The number of nitrogens with one attached hydrogen (secondary N) is 2. The number of hydrogen-bond donors (Lipinski definition) is 2. The quantitative estimate of drug-likeness (QED) is 0.420. The summed E-state index contributed by atoms with van der Waals surface area (Å²) in [7, 11) is 1.77. The molecule has 0 spiro atoms.